The third-order valence-electron chi connectivity index (χ3n) is 7.06. The highest BCUT2D eigenvalue weighted by atomic mass is 79.9. The van der Waals surface area contributed by atoms with E-state index in [1.807, 2.05) is 70.2 Å². The lowest BCUT2D eigenvalue weighted by Gasteiger charge is -2.32. The molecule has 2 aromatic carbocycles. The minimum atomic E-state index is -0.568. The Morgan fingerprint density at radius 3 is 2.70 bits per heavy atom. The summed E-state index contributed by atoms with van der Waals surface area (Å²) >= 11 is 10.1. The molecular formula is C31H37BrClN3O4. The number of halogens is 2. The average molecular weight is 631 g/mol. The van der Waals surface area contributed by atoms with E-state index in [-0.39, 0.29) is 24.2 Å². The number of rotatable bonds is 8. The summed E-state index contributed by atoms with van der Waals surface area (Å²) in [5.74, 6) is 0.00881. The van der Waals surface area contributed by atoms with Crippen LogP contribution in [-0.2, 0) is 9.53 Å². The highest BCUT2D eigenvalue weighted by Crippen LogP contribution is 2.33. The van der Waals surface area contributed by atoms with Crippen LogP contribution in [0.5, 0.6) is 0 Å². The molecule has 1 aliphatic rings. The van der Waals surface area contributed by atoms with Gasteiger partial charge in [0.15, 0.2) is 0 Å². The number of nitrogens with one attached hydrogen (secondary N) is 1. The summed E-state index contributed by atoms with van der Waals surface area (Å²) in [5.41, 5.74) is 2.32. The van der Waals surface area contributed by atoms with Crippen molar-refractivity contribution in [1.29, 1.82) is 0 Å². The molecule has 0 saturated carbocycles. The maximum atomic E-state index is 13.9. The van der Waals surface area contributed by atoms with E-state index in [1.54, 1.807) is 0 Å². The van der Waals surface area contributed by atoms with Gasteiger partial charge in [-0.1, -0.05) is 45.7 Å². The van der Waals surface area contributed by atoms with E-state index in [0.29, 0.717) is 41.4 Å². The highest BCUT2D eigenvalue weighted by molar-refractivity contribution is 9.10. The molecule has 2 heterocycles. The molecule has 1 aliphatic heterocycles. The summed E-state index contributed by atoms with van der Waals surface area (Å²) in [5, 5.41) is 14.7. The SMILES string of the molecule is Cc1c(N2CCCC(O)C2)nc2ccc(Br)cc2c1C(=O)NCC(CCC(=O)OC(C)(C)C)c1ccccc1Cl. The number of aliphatic hydroxyl groups excluding tert-OH is 1. The summed E-state index contributed by atoms with van der Waals surface area (Å²) in [6.07, 6.45) is 1.87. The van der Waals surface area contributed by atoms with Crippen LogP contribution in [0.25, 0.3) is 10.9 Å². The minimum absolute atomic E-state index is 0.193. The predicted octanol–water partition coefficient (Wildman–Crippen LogP) is 6.56. The molecule has 1 aromatic heterocycles. The van der Waals surface area contributed by atoms with Crippen molar-refractivity contribution in [3.63, 3.8) is 0 Å². The minimum Gasteiger partial charge on any atom is -0.460 e. The number of pyridine rings is 1. The van der Waals surface area contributed by atoms with E-state index in [2.05, 4.69) is 26.1 Å². The third-order valence-corrected chi connectivity index (χ3v) is 7.90. The number of aromatic nitrogens is 1. The normalized spacial score (nSPS) is 16.6. The molecular weight excluding hydrogens is 594 g/mol. The molecule has 2 atom stereocenters. The van der Waals surface area contributed by atoms with Gasteiger partial charge in [0.2, 0.25) is 0 Å². The second kappa shape index (κ2) is 12.9. The Bertz CT molecular complexity index is 1390. The topological polar surface area (TPSA) is 91.8 Å². The number of hydrogen-bond donors (Lipinski definition) is 2. The van der Waals surface area contributed by atoms with E-state index in [0.717, 1.165) is 40.4 Å². The molecule has 2 N–H and O–H groups in total. The van der Waals surface area contributed by atoms with Crippen LogP contribution in [0.3, 0.4) is 0 Å². The summed E-state index contributed by atoms with van der Waals surface area (Å²) in [7, 11) is 0. The van der Waals surface area contributed by atoms with Crippen molar-refractivity contribution in [2.24, 2.45) is 0 Å². The Kier molecular flexibility index (Phi) is 9.75. The summed E-state index contributed by atoms with van der Waals surface area (Å²) in [6.45, 7) is 8.98. The fraction of sp³-hybridized carbons (Fsp3) is 0.452. The van der Waals surface area contributed by atoms with Gasteiger partial charge < -0.3 is 20.1 Å². The number of nitrogens with zero attached hydrogens (tertiary/aromatic N) is 2. The van der Waals surface area contributed by atoms with Gasteiger partial charge in [-0.3, -0.25) is 9.59 Å². The highest BCUT2D eigenvalue weighted by Gasteiger charge is 2.26. The summed E-state index contributed by atoms with van der Waals surface area (Å²) in [4.78, 5) is 33.3. The number of aliphatic hydroxyl groups is 1. The first kappa shape index (κ1) is 30.3. The van der Waals surface area contributed by atoms with Crippen molar-refractivity contribution in [3.05, 3.63) is 68.7 Å². The van der Waals surface area contributed by atoms with E-state index < -0.39 is 11.7 Å². The standard InChI is InChI=1S/C31H37BrClN3O4/c1-19-28(24-16-21(32)12-13-26(24)35-29(19)36-15-7-8-22(37)18-36)30(39)34-17-20(23-9-5-6-10-25(23)33)11-14-27(38)40-31(2,3)4/h5-6,9-10,12-13,16,20,22,37H,7-8,11,14-15,17-18H2,1-4H3,(H,34,39). The summed E-state index contributed by atoms with van der Waals surface area (Å²) in [6, 6.07) is 13.2. The lowest BCUT2D eigenvalue weighted by Crippen LogP contribution is -2.39. The van der Waals surface area contributed by atoms with Gasteiger partial charge in [-0.05, 0) is 76.8 Å². The van der Waals surface area contributed by atoms with E-state index >= 15 is 0 Å². The molecule has 1 fully saturated rings. The largest absolute Gasteiger partial charge is 0.460 e. The van der Waals surface area contributed by atoms with Crippen LogP contribution in [0, 0.1) is 6.92 Å². The molecule has 0 aliphatic carbocycles. The Hall–Kier alpha value is -2.68. The number of β-amino-alcohol motifs (C(OH)–C–C–N with tert-alkyl or cyclic N) is 1. The Labute approximate surface area is 249 Å². The van der Waals surface area contributed by atoms with Gasteiger partial charge in [-0.15, -0.1) is 0 Å². The zero-order valence-corrected chi connectivity index (χ0v) is 25.8. The maximum absolute atomic E-state index is 13.9. The van der Waals surface area contributed by atoms with E-state index in [9.17, 15) is 14.7 Å². The van der Waals surface area contributed by atoms with Crippen LogP contribution >= 0.6 is 27.5 Å². The van der Waals surface area contributed by atoms with Gasteiger partial charge in [0.05, 0.1) is 17.2 Å². The summed E-state index contributed by atoms with van der Waals surface area (Å²) < 4.78 is 6.36. The van der Waals surface area contributed by atoms with Crippen LogP contribution in [0.1, 0.15) is 73.9 Å². The van der Waals surface area contributed by atoms with Gasteiger partial charge in [-0.2, -0.15) is 0 Å². The van der Waals surface area contributed by atoms with Gasteiger partial charge >= 0.3 is 5.97 Å². The number of carbonyl (C=O) groups is 2. The van der Waals surface area contributed by atoms with Crippen LogP contribution in [-0.4, -0.2) is 53.3 Å². The van der Waals surface area contributed by atoms with Crippen molar-refractivity contribution in [3.8, 4) is 0 Å². The number of ether oxygens (including phenoxy) is 1. The number of hydrogen-bond acceptors (Lipinski definition) is 6. The van der Waals surface area contributed by atoms with Crippen molar-refractivity contribution in [2.45, 2.75) is 71.0 Å². The molecule has 0 spiro atoms. The van der Waals surface area contributed by atoms with Crippen molar-refractivity contribution in [1.82, 2.24) is 10.3 Å². The molecule has 3 aromatic rings. The molecule has 7 nitrogen and oxygen atoms in total. The number of fused-ring (bicyclic) bond motifs is 1. The van der Waals surface area contributed by atoms with Crippen molar-refractivity contribution in [2.75, 3.05) is 24.5 Å². The molecule has 1 saturated heterocycles. The van der Waals surface area contributed by atoms with Gasteiger partial charge in [0.25, 0.3) is 5.91 Å². The van der Waals surface area contributed by atoms with E-state index in [1.165, 1.54) is 0 Å². The Morgan fingerprint density at radius 2 is 2.00 bits per heavy atom. The smallest absolute Gasteiger partial charge is 0.306 e. The third kappa shape index (κ3) is 7.53. The Morgan fingerprint density at radius 1 is 1.25 bits per heavy atom. The molecule has 1 amide bonds. The quantitative estimate of drug-likeness (QED) is 0.274. The van der Waals surface area contributed by atoms with Crippen LogP contribution in [0.2, 0.25) is 5.02 Å². The predicted molar refractivity (Wildman–Crippen MR) is 163 cm³/mol. The lowest BCUT2D eigenvalue weighted by molar-refractivity contribution is -0.155. The fourth-order valence-corrected chi connectivity index (χ4v) is 5.88. The number of esters is 1. The van der Waals surface area contributed by atoms with Gasteiger partial charge in [0, 0.05) is 52.4 Å². The van der Waals surface area contributed by atoms with Crippen LogP contribution in [0.15, 0.2) is 46.9 Å². The van der Waals surface area contributed by atoms with Gasteiger partial charge in [0.1, 0.15) is 11.4 Å². The first-order valence-electron chi connectivity index (χ1n) is 13.7. The van der Waals surface area contributed by atoms with Crippen LogP contribution < -0.4 is 10.2 Å². The second-order valence-electron chi connectivity index (χ2n) is 11.4. The van der Waals surface area contributed by atoms with Crippen molar-refractivity contribution < 1.29 is 19.4 Å². The van der Waals surface area contributed by atoms with E-state index in [4.69, 9.17) is 21.3 Å². The molecule has 4 rings (SSSR count). The molecule has 2 unspecified atom stereocenters. The Balaban J connectivity index is 1.63. The number of carbonyl (C=O) groups excluding carboxylic acids is 2. The molecule has 0 bridgehead atoms. The molecule has 214 valence electrons. The van der Waals surface area contributed by atoms with Gasteiger partial charge in [-0.25, -0.2) is 4.98 Å². The first-order valence-corrected chi connectivity index (χ1v) is 14.9. The number of benzene rings is 2. The molecule has 0 radical (unpaired) electrons. The zero-order chi connectivity index (χ0) is 29.0. The monoisotopic (exact) mass is 629 g/mol. The van der Waals surface area contributed by atoms with Crippen molar-refractivity contribution >= 4 is 56.1 Å². The fourth-order valence-electron chi connectivity index (χ4n) is 5.23. The second-order valence-corrected chi connectivity index (χ2v) is 12.7. The number of anilines is 1. The number of piperidine rings is 1. The first-order chi connectivity index (χ1) is 18.9. The molecule has 40 heavy (non-hydrogen) atoms. The lowest BCUT2D eigenvalue weighted by atomic mass is 9.93. The molecule has 9 heteroatoms. The number of amides is 1. The maximum Gasteiger partial charge on any atom is 0.306 e. The average Bonchev–Trinajstić information content (AvgIpc) is 2.88. The zero-order valence-electron chi connectivity index (χ0n) is 23.5. The van der Waals surface area contributed by atoms with Crippen LogP contribution in [0.4, 0.5) is 5.82 Å².